The zero-order valence-corrected chi connectivity index (χ0v) is 8.01. The van der Waals surface area contributed by atoms with Crippen LogP contribution >= 0.6 is 0 Å². The van der Waals surface area contributed by atoms with E-state index in [0.717, 1.165) is 19.3 Å². The van der Waals surface area contributed by atoms with E-state index >= 15 is 0 Å². The molecular formula is C10H18O2. The van der Waals surface area contributed by atoms with Crippen LogP contribution in [0.3, 0.4) is 0 Å². The molecule has 12 heavy (non-hydrogen) atoms. The zero-order valence-electron chi connectivity index (χ0n) is 8.01. The summed E-state index contributed by atoms with van der Waals surface area (Å²) in [7, 11) is 0. The quantitative estimate of drug-likeness (QED) is 0.348. The standard InChI is InChI=1S/C10H18O2/c1-4-6-7-8-10(11)12-9(3)5-2/h4,9H,1,5-8H2,2-3H3. The number of hydrogen-bond donors (Lipinski definition) is 0. The second-order valence-electron chi connectivity index (χ2n) is 2.89. The number of hydrogen-bond acceptors (Lipinski definition) is 2. The monoisotopic (exact) mass is 170 g/mol. The number of ether oxygens (including phenoxy) is 1. The summed E-state index contributed by atoms with van der Waals surface area (Å²) in [4.78, 5) is 11.0. The van der Waals surface area contributed by atoms with Crippen LogP contribution in [0, 0.1) is 0 Å². The average molecular weight is 170 g/mol. The Morgan fingerprint density at radius 3 is 2.83 bits per heavy atom. The second kappa shape index (κ2) is 6.89. The number of allylic oxidation sites excluding steroid dienone is 1. The normalized spacial score (nSPS) is 12.2. The highest BCUT2D eigenvalue weighted by molar-refractivity contribution is 5.69. The average Bonchev–Trinajstić information content (AvgIpc) is 2.05. The van der Waals surface area contributed by atoms with Crippen molar-refractivity contribution in [1.29, 1.82) is 0 Å². The van der Waals surface area contributed by atoms with Crippen LogP contribution < -0.4 is 0 Å². The summed E-state index contributed by atoms with van der Waals surface area (Å²) in [5, 5.41) is 0. The highest BCUT2D eigenvalue weighted by Gasteiger charge is 2.05. The molecule has 0 saturated carbocycles. The number of unbranched alkanes of at least 4 members (excludes halogenated alkanes) is 1. The molecule has 0 aliphatic rings. The maximum Gasteiger partial charge on any atom is 0.306 e. The lowest BCUT2D eigenvalue weighted by Gasteiger charge is -2.09. The van der Waals surface area contributed by atoms with Gasteiger partial charge >= 0.3 is 5.97 Å². The highest BCUT2D eigenvalue weighted by atomic mass is 16.5. The van der Waals surface area contributed by atoms with E-state index in [1.807, 2.05) is 19.9 Å². The van der Waals surface area contributed by atoms with E-state index < -0.39 is 0 Å². The third kappa shape index (κ3) is 5.96. The van der Waals surface area contributed by atoms with Gasteiger partial charge in [-0.15, -0.1) is 6.58 Å². The molecule has 0 N–H and O–H groups in total. The van der Waals surface area contributed by atoms with E-state index in [-0.39, 0.29) is 12.1 Å². The van der Waals surface area contributed by atoms with Gasteiger partial charge in [0.2, 0.25) is 0 Å². The van der Waals surface area contributed by atoms with Gasteiger partial charge in [0.15, 0.2) is 0 Å². The SMILES string of the molecule is C=CCCCC(=O)OC(C)CC. The maximum atomic E-state index is 11.0. The van der Waals surface area contributed by atoms with Crippen LogP contribution in [0.1, 0.15) is 39.5 Å². The Bertz CT molecular complexity index is 141. The topological polar surface area (TPSA) is 26.3 Å². The first kappa shape index (κ1) is 11.2. The number of esters is 1. The van der Waals surface area contributed by atoms with Crippen LogP contribution in [-0.2, 0) is 9.53 Å². The lowest BCUT2D eigenvalue weighted by atomic mass is 10.2. The van der Waals surface area contributed by atoms with Crippen LogP contribution in [0.25, 0.3) is 0 Å². The molecule has 0 aromatic carbocycles. The predicted molar refractivity (Wildman–Crippen MR) is 49.9 cm³/mol. The summed E-state index contributed by atoms with van der Waals surface area (Å²) in [5.74, 6) is -0.0915. The number of rotatable bonds is 6. The van der Waals surface area contributed by atoms with Crippen LogP contribution in [0.5, 0.6) is 0 Å². The fourth-order valence-electron chi connectivity index (χ4n) is 0.757. The third-order valence-electron chi connectivity index (χ3n) is 1.70. The molecule has 0 radical (unpaired) electrons. The molecule has 0 fully saturated rings. The third-order valence-corrected chi connectivity index (χ3v) is 1.70. The maximum absolute atomic E-state index is 11.0. The largest absolute Gasteiger partial charge is 0.463 e. The van der Waals surface area contributed by atoms with Crippen molar-refractivity contribution in [3.8, 4) is 0 Å². The van der Waals surface area contributed by atoms with Gasteiger partial charge in [0.05, 0.1) is 6.10 Å². The summed E-state index contributed by atoms with van der Waals surface area (Å²) < 4.78 is 5.07. The Morgan fingerprint density at radius 1 is 1.67 bits per heavy atom. The van der Waals surface area contributed by atoms with Gasteiger partial charge in [-0.1, -0.05) is 13.0 Å². The summed E-state index contributed by atoms with van der Waals surface area (Å²) in [6.07, 6.45) is 5.00. The Labute approximate surface area is 74.6 Å². The molecule has 0 amide bonds. The van der Waals surface area contributed by atoms with Crippen molar-refractivity contribution in [3.05, 3.63) is 12.7 Å². The molecule has 0 aromatic rings. The van der Waals surface area contributed by atoms with Crippen molar-refractivity contribution < 1.29 is 9.53 Å². The molecule has 0 aliphatic carbocycles. The van der Waals surface area contributed by atoms with Gasteiger partial charge in [-0.05, 0) is 26.2 Å². The smallest absolute Gasteiger partial charge is 0.306 e. The Hall–Kier alpha value is -0.790. The first-order chi connectivity index (χ1) is 5.70. The molecule has 0 aromatic heterocycles. The van der Waals surface area contributed by atoms with Crippen LogP contribution in [0.4, 0.5) is 0 Å². The van der Waals surface area contributed by atoms with Crippen molar-refractivity contribution in [2.45, 2.75) is 45.6 Å². The van der Waals surface area contributed by atoms with Gasteiger partial charge in [0.1, 0.15) is 0 Å². The van der Waals surface area contributed by atoms with Gasteiger partial charge in [0.25, 0.3) is 0 Å². The summed E-state index contributed by atoms with van der Waals surface area (Å²) in [5.41, 5.74) is 0. The van der Waals surface area contributed by atoms with Crippen molar-refractivity contribution in [1.82, 2.24) is 0 Å². The van der Waals surface area contributed by atoms with Gasteiger partial charge in [0, 0.05) is 6.42 Å². The molecule has 1 unspecified atom stereocenters. The minimum absolute atomic E-state index is 0.0567. The van der Waals surface area contributed by atoms with Crippen LogP contribution in [0.15, 0.2) is 12.7 Å². The van der Waals surface area contributed by atoms with E-state index in [1.54, 1.807) is 0 Å². The minimum atomic E-state index is -0.0915. The molecule has 2 nitrogen and oxygen atoms in total. The van der Waals surface area contributed by atoms with Crippen molar-refractivity contribution >= 4 is 5.97 Å². The lowest BCUT2D eigenvalue weighted by molar-refractivity contribution is -0.148. The van der Waals surface area contributed by atoms with E-state index in [0.29, 0.717) is 6.42 Å². The first-order valence-corrected chi connectivity index (χ1v) is 4.51. The molecule has 0 aliphatic heterocycles. The number of carbonyl (C=O) groups is 1. The van der Waals surface area contributed by atoms with Crippen LogP contribution in [-0.4, -0.2) is 12.1 Å². The molecule has 0 heterocycles. The van der Waals surface area contributed by atoms with Gasteiger partial charge < -0.3 is 4.74 Å². The van der Waals surface area contributed by atoms with Crippen LogP contribution in [0.2, 0.25) is 0 Å². The fraction of sp³-hybridized carbons (Fsp3) is 0.700. The molecule has 0 spiro atoms. The summed E-state index contributed by atoms with van der Waals surface area (Å²) >= 11 is 0. The van der Waals surface area contributed by atoms with E-state index in [2.05, 4.69) is 6.58 Å². The predicted octanol–water partition coefficient (Wildman–Crippen LogP) is 2.68. The Balaban J connectivity index is 3.39. The Kier molecular flexibility index (Phi) is 6.44. The zero-order chi connectivity index (χ0) is 9.40. The molecule has 0 rings (SSSR count). The van der Waals surface area contributed by atoms with Crippen molar-refractivity contribution in [2.24, 2.45) is 0 Å². The number of carbonyl (C=O) groups excluding carboxylic acids is 1. The Morgan fingerprint density at radius 2 is 2.33 bits per heavy atom. The molecule has 0 bridgehead atoms. The van der Waals surface area contributed by atoms with Gasteiger partial charge in [-0.25, -0.2) is 0 Å². The molecule has 70 valence electrons. The molecule has 0 saturated heterocycles. The molecule has 1 atom stereocenters. The summed E-state index contributed by atoms with van der Waals surface area (Å²) in [6.45, 7) is 7.49. The lowest BCUT2D eigenvalue weighted by Crippen LogP contribution is -2.13. The molecule has 2 heteroatoms. The van der Waals surface area contributed by atoms with Crippen molar-refractivity contribution in [3.63, 3.8) is 0 Å². The second-order valence-corrected chi connectivity index (χ2v) is 2.89. The van der Waals surface area contributed by atoms with Gasteiger partial charge in [-0.3, -0.25) is 4.79 Å². The fourth-order valence-corrected chi connectivity index (χ4v) is 0.757. The van der Waals surface area contributed by atoms with Gasteiger partial charge in [-0.2, -0.15) is 0 Å². The van der Waals surface area contributed by atoms with Crippen molar-refractivity contribution in [2.75, 3.05) is 0 Å². The molecular weight excluding hydrogens is 152 g/mol. The van der Waals surface area contributed by atoms with E-state index in [1.165, 1.54) is 0 Å². The summed E-state index contributed by atoms with van der Waals surface area (Å²) in [6, 6.07) is 0. The highest BCUT2D eigenvalue weighted by Crippen LogP contribution is 2.02. The van der Waals surface area contributed by atoms with E-state index in [9.17, 15) is 4.79 Å². The van der Waals surface area contributed by atoms with E-state index in [4.69, 9.17) is 4.74 Å². The minimum Gasteiger partial charge on any atom is -0.463 e. The first-order valence-electron chi connectivity index (χ1n) is 4.51.